The summed E-state index contributed by atoms with van der Waals surface area (Å²) in [6, 6.07) is 10.2. The fraction of sp³-hybridized carbons (Fsp3) is 0.238. The molecule has 4 rings (SSSR count). The number of hydrogen-bond acceptors (Lipinski definition) is 5. The van der Waals surface area contributed by atoms with Gasteiger partial charge in [0.25, 0.3) is 0 Å². The molecule has 2 aromatic carbocycles. The van der Waals surface area contributed by atoms with E-state index in [0.29, 0.717) is 39.9 Å². The summed E-state index contributed by atoms with van der Waals surface area (Å²) < 4.78 is 11.4. The molecular formula is C21H18Cl2N2O3. The molecule has 0 aliphatic carbocycles. The van der Waals surface area contributed by atoms with Crippen LogP contribution in [0.3, 0.4) is 0 Å². The third-order valence-electron chi connectivity index (χ3n) is 4.54. The van der Waals surface area contributed by atoms with Gasteiger partial charge in [-0.1, -0.05) is 42.2 Å². The highest BCUT2D eigenvalue weighted by atomic mass is 35.5. The molecule has 0 amide bonds. The second-order valence-electron chi connectivity index (χ2n) is 6.92. The average Bonchev–Trinajstić information content (AvgIpc) is 3.23. The number of halogens is 2. The van der Waals surface area contributed by atoms with Crippen LogP contribution in [0.4, 0.5) is 0 Å². The van der Waals surface area contributed by atoms with Crippen LogP contribution in [0.25, 0.3) is 22.4 Å². The molecule has 0 fully saturated rings. The van der Waals surface area contributed by atoms with Crippen molar-refractivity contribution >= 4 is 34.2 Å². The summed E-state index contributed by atoms with van der Waals surface area (Å²) in [5.41, 5.74) is 2.96. The van der Waals surface area contributed by atoms with Crippen LogP contribution in [-0.4, -0.2) is 15.2 Å². The molecule has 1 N–H and O–H groups in total. The molecule has 0 unspecified atom stereocenters. The van der Waals surface area contributed by atoms with E-state index < -0.39 is 0 Å². The largest absolute Gasteiger partial charge is 0.508 e. The predicted octanol–water partition coefficient (Wildman–Crippen LogP) is 6.40. The Balaban J connectivity index is 1.64. The second kappa shape index (κ2) is 7.49. The van der Waals surface area contributed by atoms with E-state index >= 15 is 0 Å². The van der Waals surface area contributed by atoms with Crippen molar-refractivity contribution in [2.45, 2.75) is 32.6 Å². The van der Waals surface area contributed by atoms with Gasteiger partial charge in [0.2, 0.25) is 5.89 Å². The van der Waals surface area contributed by atoms with Crippen LogP contribution in [0.15, 0.2) is 45.3 Å². The number of phenolic OH excluding ortho intramolecular Hbond substituents is 1. The number of benzene rings is 2. The summed E-state index contributed by atoms with van der Waals surface area (Å²) >= 11 is 12.3. The number of hydrogen-bond donors (Lipinski definition) is 1. The van der Waals surface area contributed by atoms with Gasteiger partial charge in [0.15, 0.2) is 5.58 Å². The zero-order chi connectivity index (χ0) is 19.8. The van der Waals surface area contributed by atoms with Crippen LogP contribution >= 0.6 is 23.2 Å². The summed E-state index contributed by atoms with van der Waals surface area (Å²) in [6.07, 6.45) is 1.28. The number of phenols is 1. The minimum Gasteiger partial charge on any atom is -0.508 e. The van der Waals surface area contributed by atoms with Crippen LogP contribution in [0.1, 0.15) is 36.9 Å². The maximum Gasteiger partial charge on any atom is 0.228 e. The molecule has 28 heavy (non-hydrogen) atoms. The average molecular weight is 417 g/mol. The monoisotopic (exact) mass is 416 g/mol. The van der Waals surface area contributed by atoms with Gasteiger partial charge in [-0.15, -0.1) is 0 Å². The van der Waals surface area contributed by atoms with Crippen LogP contribution in [-0.2, 0) is 12.8 Å². The summed E-state index contributed by atoms with van der Waals surface area (Å²) in [7, 11) is 0. The van der Waals surface area contributed by atoms with Crippen molar-refractivity contribution in [1.82, 2.24) is 10.1 Å². The van der Waals surface area contributed by atoms with Crippen molar-refractivity contribution in [3.05, 3.63) is 63.6 Å². The highest BCUT2D eigenvalue weighted by molar-refractivity contribution is 6.36. The molecule has 0 aliphatic heterocycles. The zero-order valence-corrected chi connectivity index (χ0v) is 16.9. The molecule has 0 saturated heterocycles. The number of fused-ring (bicyclic) bond motifs is 1. The van der Waals surface area contributed by atoms with Gasteiger partial charge >= 0.3 is 0 Å². The zero-order valence-electron chi connectivity index (χ0n) is 15.4. The molecule has 0 atom stereocenters. The molecule has 2 aromatic heterocycles. The fourth-order valence-corrected chi connectivity index (χ4v) is 3.66. The van der Waals surface area contributed by atoms with Crippen LogP contribution in [0, 0.1) is 0 Å². The van der Waals surface area contributed by atoms with Crippen molar-refractivity contribution in [2.75, 3.05) is 0 Å². The topological polar surface area (TPSA) is 72.3 Å². The van der Waals surface area contributed by atoms with Crippen molar-refractivity contribution in [3.8, 4) is 17.2 Å². The quantitative estimate of drug-likeness (QED) is 0.407. The summed E-state index contributed by atoms with van der Waals surface area (Å²) in [4.78, 5) is 4.69. The molecule has 0 aliphatic rings. The van der Waals surface area contributed by atoms with Gasteiger partial charge in [-0.25, -0.2) is 4.98 Å². The third kappa shape index (κ3) is 3.60. The number of nitrogens with zero attached hydrogens (tertiary/aromatic N) is 2. The number of aryl methyl sites for hydroxylation is 2. The van der Waals surface area contributed by atoms with E-state index in [1.165, 1.54) is 0 Å². The molecule has 0 bridgehead atoms. The predicted molar refractivity (Wildman–Crippen MR) is 109 cm³/mol. The number of rotatable bonds is 5. The molecule has 0 radical (unpaired) electrons. The number of aromatic nitrogens is 2. The Bertz CT molecular complexity index is 1150. The lowest BCUT2D eigenvalue weighted by molar-refractivity contribution is 0.440. The van der Waals surface area contributed by atoms with Gasteiger partial charge < -0.3 is 14.0 Å². The smallest absolute Gasteiger partial charge is 0.228 e. The molecule has 144 valence electrons. The molecule has 0 saturated carbocycles. The first-order valence-electron chi connectivity index (χ1n) is 8.94. The molecule has 7 heteroatoms. The Morgan fingerprint density at radius 2 is 1.82 bits per heavy atom. The molecular weight excluding hydrogens is 399 g/mol. The van der Waals surface area contributed by atoms with E-state index in [4.69, 9.17) is 37.1 Å². The van der Waals surface area contributed by atoms with Gasteiger partial charge in [0, 0.05) is 22.4 Å². The van der Waals surface area contributed by atoms with Crippen molar-refractivity contribution in [2.24, 2.45) is 0 Å². The van der Waals surface area contributed by atoms with E-state index in [-0.39, 0.29) is 11.7 Å². The normalized spacial score (nSPS) is 11.6. The summed E-state index contributed by atoms with van der Waals surface area (Å²) in [5, 5.41) is 15.6. The van der Waals surface area contributed by atoms with E-state index in [1.54, 1.807) is 24.3 Å². The Kier molecular flexibility index (Phi) is 5.04. The summed E-state index contributed by atoms with van der Waals surface area (Å²) in [5.74, 6) is 1.63. The third-order valence-corrected chi connectivity index (χ3v) is 5.09. The van der Waals surface area contributed by atoms with E-state index in [1.807, 2.05) is 12.1 Å². The van der Waals surface area contributed by atoms with E-state index in [2.05, 4.69) is 19.0 Å². The van der Waals surface area contributed by atoms with Gasteiger partial charge in [0.05, 0.1) is 22.0 Å². The number of oxazole rings is 1. The second-order valence-corrected chi connectivity index (χ2v) is 7.76. The maximum atomic E-state index is 9.57. The van der Waals surface area contributed by atoms with Gasteiger partial charge in [-0.3, -0.25) is 0 Å². The highest BCUT2D eigenvalue weighted by Crippen LogP contribution is 2.33. The Labute approximate surface area is 171 Å². The summed E-state index contributed by atoms with van der Waals surface area (Å²) in [6.45, 7) is 4.12. The minimum absolute atomic E-state index is 0.151. The number of aromatic hydroxyl groups is 1. The van der Waals surface area contributed by atoms with E-state index in [0.717, 1.165) is 22.5 Å². The Morgan fingerprint density at radius 3 is 2.57 bits per heavy atom. The maximum absolute atomic E-state index is 9.57. The van der Waals surface area contributed by atoms with E-state index in [9.17, 15) is 5.11 Å². The first-order valence-corrected chi connectivity index (χ1v) is 9.70. The first-order chi connectivity index (χ1) is 13.4. The van der Waals surface area contributed by atoms with Gasteiger partial charge in [-0.05, 0) is 43.2 Å². The van der Waals surface area contributed by atoms with Crippen LogP contribution < -0.4 is 0 Å². The Hall–Kier alpha value is -2.50. The minimum atomic E-state index is 0.151. The molecule has 5 nitrogen and oxygen atoms in total. The molecule has 0 spiro atoms. The standard InChI is InChI=1S/C21H18Cl2N2O3/c1-11(2)20-18(24-21(27-20)14-5-3-12(22)9-16(14)23)8-7-17-15-6-4-13(26)10-19(15)28-25-17/h3-6,9-11,26H,7-8H2,1-2H3. The van der Waals surface area contributed by atoms with Gasteiger partial charge in [0.1, 0.15) is 11.5 Å². The van der Waals surface area contributed by atoms with Crippen LogP contribution in [0.2, 0.25) is 10.0 Å². The molecule has 2 heterocycles. The van der Waals surface area contributed by atoms with Crippen molar-refractivity contribution in [1.29, 1.82) is 0 Å². The highest BCUT2D eigenvalue weighted by Gasteiger charge is 2.20. The first kappa shape index (κ1) is 18.8. The van der Waals surface area contributed by atoms with Crippen molar-refractivity contribution in [3.63, 3.8) is 0 Å². The lowest BCUT2D eigenvalue weighted by Gasteiger charge is -2.03. The fourth-order valence-electron chi connectivity index (χ4n) is 3.17. The SMILES string of the molecule is CC(C)c1oc(-c2ccc(Cl)cc2Cl)nc1CCc1noc2cc(O)ccc12. The lowest BCUT2D eigenvalue weighted by Crippen LogP contribution is -1.98. The molecule has 4 aromatic rings. The Morgan fingerprint density at radius 1 is 1.04 bits per heavy atom. The van der Waals surface area contributed by atoms with Gasteiger partial charge in [-0.2, -0.15) is 0 Å². The van der Waals surface area contributed by atoms with Crippen molar-refractivity contribution < 1.29 is 14.0 Å². The van der Waals surface area contributed by atoms with Crippen LogP contribution in [0.5, 0.6) is 5.75 Å². The lowest BCUT2D eigenvalue weighted by atomic mass is 10.0.